The van der Waals surface area contributed by atoms with Gasteiger partial charge in [-0.1, -0.05) is 29.6 Å². The average Bonchev–Trinajstić information content (AvgIpc) is 2.52. The van der Waals surface area contributed by atoms with Crippen molar-refractivity contribution in [3.05, 3.63) is 66.7 Å². The van der Waals surface area contributed by atoms with Crippen LogP contribution in [0.15, 0.2) is 86.6 Å². The number of aromatic nitrogens is 1. The Morgan fingerprint density at radius 1 is 0.591 bits per heavy atom. The van der Waals surface area contributed by atoms with E-state index in [4.69, 9.17) is 0 Å². The van der Waals surface area contributed by atoms with E-state index < -0.39 is 0 Å². The van der Waals surface area contributed by atoms with Crippen LogP contribution in [0.25, 0.3) is 0 Å². The summed E-state index contributed by atoms with van der Waals surface area (Å²) >= 11 is 3.10. The van der Waals surface area contributed by atoms with Crippen LogP contribution in [0.2, 0.25) is 0 Å². The van der Waals surface area contributed by atoms with Gasteiger partial charge in [0.15, 0.2) is 0 Å². The van der Waals surface area contributed by atoms with Gasteiger partial charge in [-0.3, -0.25) is 0 Å². The number of rotatable bonds is 4. The summed E-state index contributed by atoms with van der Waals surface area (Å²) in [7, 11) is 0. The van der Waals surface area contributed by atoms with Crippen LogP contribution in [0.1, 0.15) is 0 Å². The Labute approximate surface area is 137 Å². The van der Waals surface area contributed by atoms with Crippen LogP contribution in [0, 0.1) is 0 Å². The molecule has 0 saturated heterocycles. The summed E-state index contributed by atoms with van der Waals surface area (Å²) in [5, 5.41) is 20.4. The van der Waals surface area contributed by atoms with E-state index in [1.807, 2.05) is 42.5 Å². The second-order valence-corrected chi connectivity index (χ2v) is 6.69. The second-order valence-electron chi connectivity index (χ2n) is 4.51. The summed E-state index contributed by atoms with van der Waals surface area (Å²) in [4.78, 5) is 6.66. The van der Waals surface area contributed by atoms with Crippen molar-refractivity contribution in [2.24, 2.45) is 0 Å². The highest BCUT2D eigenvalue weighted by atomic mass is 32.2. The first-order chi connectivity index (χ1) is 10.7. The van der Waals surface area contributed by atoms with E-state index in [0.29, 0.717) is 0 Å². The molecule has 3 aromatic rings. The fourth-order valence-corrected chi connectivity index (χ4v) is 3.45. The van der Waals surface area contributed by atoms with Crippen molar-refractivity contribution in [3.63, 3.8) is 0 Å². The molecule has 0 aliphatic heterocycles. The number of aromatic hydroxyl groups is 2. The molecule has 110 valence electrons. The minimum absolute atomic E-state index is 0.258. The molecule has 0 atom stereocenters. The zero-order valence-corrected chi connectivity index (χ0v) is 13.1. The molecule has 5 heteroatoms. The van der Waals surface area contributed by atoms with Gasteiger partial charge >= 0.3 is 0 Å². The van der Waals surface area contributed by atoms with Gasteiger partial charge in [-0.25, -0.2) is 4.98 Å². The maximum Gasteiger partial charge on any atom is 0.115 e. The topological polar surface area (TPSA) is 53.4 Å². The highest BCUT2D eigenvalue weighted by molar-refractivity contribution is 8.00. The fraction of sp³-hybridized carbons (Fsp3) is 0. The highest BCUT2D eigenvalue weighted by Gasteiger charge is 2.03. The van der Waals surface area contributed by atoms with Gasteiger partial charge in [0.25, 0.3) is 0 Å². The fourth-order valence-electron chi connectivity index (χ4n) is 1.78. The van der Waals surface area contributed by atoms with Crippen molar-refractivity contribution in [3.8, 4) is 11.5 Å². The van der Waals surface area contributed by atoms with Crippen LogP contribution in [0.4, 0.5) is 0 Å². The minimum atomic E-state index is 0.258. The number of hydrogen-bond donors (Lipinski definition) is 2. The molecule has 1 aromatic heterocycles. The van der Waals surface area contributed by atoms with E-state index >= 15 is 0 Å². The molecule has 2 aromatic carbocycles. The van der Waals surface area contributed by atoms with Crippen molar-refractivity contribution < 1.29 is 10.2 Å². The number of nitrogens with zero attached hydrogens (tertiary/aromatic N) is 1. The molecule has 2 N–H and O–H groups in total. The molecule has 1 heterocycles. The molecule has 0 aliphatic rings. The van der Waals surface area contributed by atoms with E-state index in [9.17, 15) is 10.2 Å². The Hall–Kier alpha value is -2.11. The van der Waals surface area contributed by atoms with Gasteiger partial charge in [0, 0.05) is 9.79 Å². The molecule has 3 nitrogen and oxygen atoms in total. The van der Waals surface area contributed by atoms with Crippen LogP contribution >= 0.6 is 23.5 Å². The van der Waals surface area contributed by atoms with Crippen molar-refractivity contribution >= 4 is 23.5 Å². The first-order valence-electron chi connectivity index (χ1n) is 6.60. The van der Waals surface area contributed by atoms with E-state index in [-0.39, 0.29) is 11.5 Å². The highest BCUT2D eigenvalue weighted by Crippen LogP contribution is 2.31. The van der Waals surface area contributed by atoms with E-state index in [2.05, 4.69) is 4.98 Å². The normalized spacial score (nSPS) is 10.5. The third-order valence-corrected chi connectivity index (χ3v) is 4.71. The van der Waals surface area contributed by atoms with Gasteiger partial charge in [-0.05, 0) is 60.7 Å². The number of pyridine rings is 1. The Balaban J connectivity index is 1.74. The van der Waals surface area contributed by atoms with Crippen molar-refractivity contribution in [2.45, 2.75) is 19.8 Å². The molecule has 0 spiro atoms. The summed E-state index contributed by atoms with van der Waals surface area (Å²) in [6, 6.07) is 20.0. The standard InChI is InChI=1S/C17H13NO2S2/c19-12-4-8-14(9-5-12)21-16-2-1-3-17(18-16)22-15-10-6-13(20)7-11-15/h1-11,19-20H. The monoisotopic (exact) mass is 327 g/mol. The Morgan fingerprint density at radius 3 is 1.41 bits per heavy atom. The van der Waals surface area contributed by atoms with Gasteiger partial charge in [0.05, 0.1) is 0 Å². The SMILES string of the molecule is Oc1ccc(Sc2cccc(Sc3ccc(O)cc3)n2)cc1. The maximum atomic E-state index is 9.30. The van der Waals surface area contributed by atoms with Gasteiger partial charge in [0.1, 0.15) is 21.6 Å². The lowest BCUT2D eigenvalue weighted by Crippen LogP contribution is -1.83. The van der Waals surface area contributed by atoms with Crippen LogP contribution in [-0.2, 0) is 0 Å². The van der Waals surface area contributed by atoms with Crippen LogP contribution in [0.5, 0.6) is 11.5 Å². The van der Waals surface area contributed by atoms with Gasteiger partial charge < -0.3 is 10.2 Å². The van der Waals surface area contributed by atoms with E-state index in [1.54, 1.807) is 47.8 Å². The van der Waals surface area contributed by atoms with Crippen LogP contribution in [-0.4, -0.2) is 15.2 Å². The van der Waals surface area contributed by atoms with Crippen LogP contribution in [0.3, 0.4) is 0 Å². The predicted molar refractivity (Wildman–Crippen MR) is 88.7 cm³/mol. The third kappa shape index (κ3) is 3.96. The Morgan fingerprint density at radius 2 is 1.00 bits per heavy atom. The quantitative estimate of drug-likeness (QED) is 0.721. The Bertz CT molecular complexity index is 696. The largest absolute Gasteiger partial charge is 0.508 e. The number of phenols is 2. The smallest absolute Gasteiger partial charge is 0.115 e. The summed E-state index contributed by atoms with van der Waals surface area (Å²) in [6.45, 7) is 0. The molecule has 0 bridgehead atoms. The summed E-state index contributed by atoms with van der Waals surface area (Å²) in [5.41, 5.74) is 0. The van der Waals surface area contributed by atoms with Gasteiger partial charge in [-0.2, -0.15) is 0 Å². The molecule has 0 saturated carbocycles. The molecular formula is C17H13NO2S2. The lowest BCUT2D eigenvalue weighted by Gasteiger charge is -2.05. The van der Waals surface area contributed by atoms with Crippen LogP contribution < -0.4 is 0 Å². The van der Waals surface area contributed by atoms with E-state index in [0.717, 1.165) is 19.8 Å². The van der Waals surface area contributed by atoms with E-state index in [1.165, 1.54) is 0 Å². The van der Waals surface area contributed by atoms with Gasteiger partial charge in [0.2, 0.25) is 0 Å². The van der Waals surface area contributed by atoms with Crippen molar-refractivity contribution in [1.82, 2.24) is 4.98 Å². The zero-order chi connectivity index (χ0) is 15.4. The molecule has 22 heavy (non-hydrogen) atoms. The molecule has 0 unspecified atom stereocenters. The number of phenolic OH excluding ortho intramolecular Hbond substituents is 2. The predicted octanol–water partition coefficient (Wildman–Crippen LogP) is 4.80. The first-order valence-corrected chi connectivity index (χ1v) is 8.23. The molecule has 0 amide bonds. The minimum Gasteiger partial charge on any atom is -0.508 e. The van der Waals surface area contributed by atoms with Crippen molar-refractivity contribution in [2.75, 3.05) is 0 Å². The summed E-state index contributed by atoms with van der Waals surface area (Å²) in [6.07, 6.45) is 0. The maximum absolute atomic E-state index is 9.30. The van der Waals surface area contributed by atoms with Gasteiger partial charge in [-0.15, -0.1) is 0 Å². The lowest BCUT2D eigenvalue weighted by molar-refractivity contribution is 0.474. The lowest BCUT2D eigenvalue weighted by atomic mass is 10.3. The summed E-state index contributed by atoms with van der Waals surface area (Å²) < 4.78 is 0. The molecular weight excluding hydrogens is 314 g/mol. The van der Waals surface area contributed by atoms with Crippen molar-refractivity contribution in [1.29, 1.82) is 0 Å². The third-order valence-electron chi connectivity index (χ3n) is 2.82. The second kappa shape index (κ2) is 6.77. The molecule has 0 radical (unpaired) electrons. The zero-order valence-electron chi connectivity index (χ0n) is 11.5. The molecule has 0 fully saturated rings. The number of hydrogen-bond acceptors (Lipinski definition) is 5. The first kappa shape index (κ1) is 14.8. The average molecular weight is 327 g/mol. The summed E-state index contributed by atoms with van der Waals surface area (Å²) in [5.74, 6) is 0.517. The molecule has 3 rings (SSSR count). The number of benzene rings is 2. The molecule has 0 aliphatic carbocycles. The Kier molecular flexibility index (Phi) is 4.56.